The third kappa shape index (κ3) is 2.00. The van der Waals surface area contributed by atoms with E-state index in [1.807, 2.05) is 42.5 Å². The molecule has 0 radical (unpaired) electrons. The van der Waals surface area contributed by atoms with Gasteiger partial charge in [0.15, 0.2) is 0 Å². The second-order valence-electron chi connectivity index (χ2n) is 4.81. The molecule has 1 aromatic carbocycles. The van der Waals surface area contributed by atoms with Crippen LogP contribution in [0.25, 0.3) is 11.6 Å². The molecule has 1 aliphatic heterocycles. The van der Waals surface area contributed by atoms with Gasteiger partial charge in [-0.1, -0.05) is 28.1 Å². The van der Waals surface area contributed by atoms with E-state index in [1.54, 1.807) is 11.5 Å². The van der Waals surface area contributed by atoms with Gasteiger partial charge in [-0.05, 0) is 47.9 Å². The first-order valence-electron chi connectivity index (χ1n) is 6.21. The lowest BCUT2D eigenvalue weighted by Gasteiger charge is -2.06. The first kappa shape index (κ1) is 12.9. The van der Waals surface area contributed by atoms with Gasteiger partial charge in [0.05, 0.1) is 6.54 Å². The molecule has 0 atom stereocenters. The van der Waals surface area contributed by atoms with Crippen LogP contribution in [0.2, 0.25) is 0 Å². The predicted octanol–water partition coefficient (Wildman–Crippen LogP) is 3.35. The number of aromatic nitrogens is 1. The van der Waals surface area contributed by atoms with Gasteiger partial charge in [0, 0.05) is 10.2 Å². The van der Waals surface area contributed by atoms with Crippen LogP contribution in [0.15, 0.2) is 39.6 Å². The number of aryl methyl sites for hydroxylation is 1. The number of hydrogen-bond acceptors (Lipinski definition) is 2. The van der Waals surface area contributed by atoms with Crippen LogP contribution >= 0.6 is 15.9 Å². The zero-order chi connectivity index (χ0) is 14.3. The first-order valence-corrected chi connectivity index (χ1v) is 7.00. The number of rotatable bonds is 1. The Balaban J connectivity index is 2.08. The van der Waals surface area contributed by atoms with Crippen LogP contribution in [0.1, 0.15) is 22.4 Å². The number of pyridine rings is 1. The fourth-order valence-corrected chi connectivity index (χ4v) is 2.71. The van der Waals surface area contributed by atoms with Crippen LogP contribution in [0.5, 0.6) is 0 Å². The maximum Gasteiger partial charge on any atom is 0.269 e. The van der Waals surface area contributed by atoms with E-state index in [0.717, 1.165) is 26.9 Å². The highest BCUT2D eigenvalue weighted by atomic mass is 79.9. The molecule has 20 heavy (non-hydrogen) atoms. The number of allylic oxidation sites excluding steroid dienone is 1. The van der Waals surface area contributed by atoms with E-state index < -0.39 is 0 Å². The fourth-order valence-electron chi connectivity index (χ4n) is 2.44. The summed E-state index contributed by atoms with van der Waals surface area (Å²) in [7, 11) is 0. The molecule has 4 heteroatoms. The van der Waals surface area contributed by atoms with Crippen LogP contribution in [-0.4, -0.2) is 4.57 Å². The van der Waals surface area contributed by atoms with Gasteiger partial charge in [0.1, 0.15) is 11.6 Å². The summed E-state index contributed by atoms with van der Waals surface area (Å²) in [6, 6.07) is 11.9. The quantitative estimate of drug-likeness (QED) is 0.806. The van der Waals surface area contributed by atoms with E-state index >= 15 is 0 Å². The van der Waals surface area contributed by atoms with Crippen molar-refractivity contribution < 1.29 is 0 Å². The highest BCUT2D eigenvalue weighted by molar-refractivity contribution is 9.10. The molecular weight excluding hydrogens is 316 g/mol. The Morgan fingerprint density at radius 2 is 2.00 bits per heavy atom. The minimum absolute atomic E-state index is 0.203. The second kappa shape index (κ2) is 4.77. The van der Waals surface area contributed by atoms with E-state index in [0.29, 0.717) is 6.54 Å². The van der Waals surface area contributed by atoms with Gasteiger partial charge in [-0.3, -0.25) is 4.79 Å². The SMILES string of the molecule is Cc1cc2n(c(=O)c1C#N)CC(c1ccc(Br)cc1)=C2. The molecule has 0 aliphatic carbocycles. The molecule has 0 saturated carbocycles. The molecule has 1 aliphatic rings. The summed E-state index contributed by atoms with van der Waals surface area (Å²) in [6.07, 6.45) is 2.01. The molecule has 3 nitrogen and oxygen atoms in total. The molecule has 0 amide bonds. The number of nitrogens with zero attached hydrogens (tertiary/aromatic N) is 2. The monoisotopic (exact) mass is 326 g/mol. The highest BCUT2D eigenvalue weighted by Gasteiger charge is 2.18. The van der Waals surface area contributed by atoms with E-state index in [1.165, 1.54) is 0 Å². The van der Waals surface area contributed by atoms with Gasteiger partial charge in [0.2, 0.25) is 0 Å². The number of fused-ring (bicyclic) bond motifs is 1. The lowest BCUT2D eigenvalue weighted by molar-refractivity contribution is 0.796. The second-order valence-corrected chi connectivity index (χ2v) is 5.72. The average Bonchev–Trinajstić information content (AvgIpc) is 2.84. The van der Waals surface area contributed by atoms with E-state index in [-0.39, 0.29) is 11.1 Å². The number of hydrogen-bond donors (Lipinski definition) is 0. The number of benzene rings is 1. The molecule has 2 aromatic rings. The Labute approximate surface area is 124 Å². The third-order valence-corrected chi connectivity index (χ3v) is 4.04. The summed E-state index contributed by atoms with van der Waals surface area (Å²) >= 11 is 3.41. The Hall–Kier alpha value is -2.12. The molecular formula is C16H11BrN2O. The van der Waals surface area contributed by atoms with Crippen molar-refractivity contribution in [2.75, 3.05) is 0 Å². The Kier molecular flexibility index (Phi) is 3.07. The molecule has 0 unspecified atom stereocenters. The summed E-state index contributed by atoms with van der Waals surface area (Å²) in [6.45, 7) is 2.32. The van der Waals surface area contributed by atoms with Crippen molar-refractivity contribution in [3.8, 4) is 6.07 Å². The molecule has 98 valence electrons. The minimum atomic E-state index is -0.203. The van der Waals surface area contributed by atoms with Crippen LogP contribution in [0.4, 0.5) is 0 Å². The molecule has 0 fully saturated rings. The van der Waals surface area contributed by atoms with Gasteiger partial charge in [-0.2, -0.15) is 5.26 Å². The van der Waals surface area contributed by atoms with Crippen molar-refractivity contribution in [2.45, 2.75) is 13.5 Å². The van der Waals surface area contributed by atoms with Gasteiger partial charge >= 0.3 is 0 Å². The van der Waals surface area contributed by atoms with Crippen LogP contribution in [0, 0.1) is 18.3 Å². The summed E-state index contributed by atoms with van der Waals surface area (Å²) in [5.74, 6) is 0. The molecule has 0 saturated heterocycles. The smallest absolute Gasteiger partial charge is 0.269 e. The maximum absolute atomic E-state index is 12.2. The minimum Gasteiger partial charge on any atom is -0.303 e. The summed E-state index contributed by atoms with van der Waals surface area (Å²) < 4.78 is 2.68. The maximum atomic E-state index is 12.2. The van der Waals surface area contributed by atoms with Crippen molar-refractivity contribution in [2.24, 2.45) is 0 Å². The van der Waals surface area contributed by atoms with E-state index in [2.05, 4.69) is 15.9 Å². The van der Waals surface area contributed by atoms with E-state index in [4.69, 9.17) is 5.26 Å². The fraction of sp³-hybridized carbons (Fsp3) is 0.125. The summed E-state index contributed by atoms with van der Waals surface area (Å²) in [5.41, 5.74) is 3.81. The van der Waals surface area contributed by atoms with Crippen LogP contribution < -0.4 is 5.56 Å². The predicted molar refractivity (Wildman–Crippen MR) is 82.2 cm³/mol. The largest absolute Gasteiger partial charge is 0.303 e. The lowest BCUT2D eigenvalue weighted by atomic mass is 10.1. The molecule has 3 rings (SSSR count). The summed E-state index contributed by atoms with van der Waals surface area (Å²) in [5, 5.41) is 9.06. The number of nitriles is 1. The van der Waals surface area contributed by atoms with Crippen LogP contribution in [-0.2, 0) is 6.54 Å². The molecule has 2 heterocycles. The Bertz CT molecular complexity index is 823. The van der Waals surface area contributed by atoms with E-state index in [9.17, 15) is 4.79 Å². The lowest BCUT2D eigenvalue weighted by Crippen LogP contribution is -2.23. The number of halogens is 1. The Morgan fingerprint density at radius 1 is 1.30 bits per heavy atom. The highest BCUT2D eigenvalue weighted by Crippen LogP contribution is 2.27. The normalized spacial score (nSPS) is 12.8. The van der Waals surface area contributed by atoms with Crippen molar-refractivity contribution in [3.63, 3.8) is 0 Å². The molecule has 0 N–H and O–H groups in total. The van der Waals surface area contributed by atoms with Crippen molar-refractivity contribution in [3.05, 3.63) is 67.5 Å². The summed E-state index contributed by atoms with van der Waals surface area (Å²) in [4.78, 5) is 12.2. The standard InChI is InChI=1S/C16H11BrN2O/c1-10-6-14-7-12(11-2-4-13(17)5-3-11)9-19(14)16(20)15(10)8-18/h2-7H,9H2,1H3. The van der Waals surface area contributed by atoms with Gasteiger partial charge in [-0.15, -0.1) is 0 Å². The zero-order valence-electron chi connectivity index (χ0n) is 10.9. The van der Waals surface area contributed by atoms with Crippen molar-refractivity contribution in [1.29, 1.82) is 5.26 Å². The third-order valence-electron chi connectivity index (χ3n) is 3.51. The average molecular weight is 327 g/mol. The van der Waals surface area contributed by atoms with Crippen molar-refractivity contribution in [1.82, 2.24) is 4.57 Å². The zero-order valence-corrected chi connectivity index (χ0v) is 12.4. The van der Waals surface area contributed by atoms with Crippen molar-refractivity contribution >= 4 is 27.6 Å². The molecule has 0 bridgehead atoms. The van der Waals surface area contributed by atoms with Gasteiger partial charge in [-0.25, -0.2) is 0 Å². The van der Waals surface area contributed by atoms with Crippen LogP contribution in [0.3, 0.4) is 0 Å². The Morgan fingerprint density at radius 3 is 2.65 bits per heavy atom. The van der Waals surface area contributed by atoms with Gasteiger partial charge in [0.25, 0.3) is 5.56 Å². The first-order chi connectivity index (χ1) is 9.60. The van der Waals surface area contributed by atoms with Gasteiger partial charge < -0.3 is 4.57 Å². The topological polar surface area (TPSA) is 45.8 Å². The molecule has 0 spiro atoms. The molecule has 1 aromatic heterocycles.